The van der Waals surface area contributed by atoms with Crippen LogP contribution in [0.5, 0.6) is 5.88 Å². The van der Waals surface area contributed by atoms with Crippen molar-refractivity contribution in [3.63, 3.8) is 0 Å². The fourth-order valence-corrected chi connectivity index (χ4v) is 2.92. The minimum absolute atomic E-state index is 0.0395. The van der Waals surface area contributed by atoms with Crippen LogP contribution in [0.2, 0.25) is 0 Å². The first-order valence-corrected chi connectivity index (χ1v) is 9.53. The van der Waals surface area contributed by atoms with Gasteiger partial charge < -0.3 is 15.1 Å². The van der Waals surface area contributed by atoms with Gasteiger partial charge in [0, 0.05) is 42.2 Å². The third-order valence-electron chi connectivity index (χ3n) is 4.45. The van der Waals surface area contributed by atoms with Gasteiger partial charge in [-0.25, -0.2) is 4.98 Å². The molecule has 166 valence electrons. The van der Waals surface area contributed by atoms with Crippen molar-refractivity contribution in [3.05, 3.63) is 71.5 Å². The predicted octanol–water partition coefficient (Wildman–Crippen LogP) is 3.91. The highest BCUT2D eigenvalue weighted by molar-refractivity contribution is 5.98. The zero-order valence-corrected chi connectivity index (χ0v) is 16.9. The zero-order valence-electron chi connectivity index (χ0n) is 16.9. The van der Waals surface area contributed by atoms with Gasteiger partial charge in [-0.1, -0.05) is 35.5 Å². The number of nitrogens with one attached hydrogen (secondary N) is 2. The fraction of sp³-hybridized carbons (Fsp3) is 0.182. The summed E-state index contributed by atoms with van der Waals surface area (Å²) in [7, 11) is 0. The molecular formula is C22H19F3N4O3. The highest BCUT2D eigenvalue weighted by Gasteiger charge is 2.25. The molecule has 1 amide bonds. The average molecular weight is 444 g/mol. The third-order valence-corrected chi connectivity index (χ3v) is 4.45. The van der Waals surface area contributed by atoms with Crippen LogP contribution in [0.4, 0.5) is 13.2 Å². The molecule has 0 spiro atoms. The Morgan fingerprint density at radius 3 is 2.56 bits per heavy atom. The minimum atomic E-state index is -4.64. The Kier molecular flexibility index (Phi) is 7.04. The molecule has 3 heterocycles. The number of hydrogen-bond acceptors (Lipinski definition) is 5. The highest BCUT2D eigenvalue weighted by Crippen LogP contribution is 2.25. The lowest BCUT2D eigenvalue weighted by atomic mass is 10.1. The topological polar surface area (TPSA) is 96.4 Å². The Morgan fingerprint density at radius 2 is 1.91 bits per heavy atom. The van der Waals surface area contributed by atoms with Gasteiger partial charge in [0.05, 0.1) is 11.3 Å². The molecule has 3 aromatic rings. The summed E-state index contributed by atoms with van der Waals surface area (Å²) >= 11 is 0. The molecule has 7 nitrogen and oxygen atoms in total. The van der Waals surface area contributed by atoms with Gasteiger partial charge in [-0.15, -0.1) is 0 Å². The van der Waals surface area contributed by atoms with Crippen molar-refractivity contribution in [2.45, 2.75) is 19.5 Å². The maximum atomic E-state index is 11.9. The Bertz CT molecular complexity index is 1120. The number of carbonyl (C=O) groups excluding carboxylic acids is 2. The molecule has 32 heavy (non-hydrogen) atoms. The van der Waals surface area contributed by atoms with E-state index in [4.69, 9.17) is 9.63 Å². The van der Waals surface area contributed by atoms with Crippen molar-refractivity contribution in [1.82, 2.24) is 15.3 Å². The van der Waals surface area contributed by atoms with Gasteiger partial charge in [0.15, 0.2) is 0 Å². The van der Waals surface area contributed by atoms with Crippen LogP contribution in [0.25, 0.3) is 11.3 Å². The molecular weight excluding hydrogens is 425 g/mol. The van der Waals surface area contributed by atoms with E-state index in [1.807, 2.05) is 49.4 Å². The first kappa shape index (κ1) is 22.7. The van der Waals surface area contributed by atoms with Gasteiger partial charge in [-0.3, -0.25) is 9.59 Å². The molecule has 2 aromatic heterocycles. The lowest BCUT2D eigenvalue weighted by Gasteiger charge is -2.10. The number of H-pyrrole nitrogens is 1. The number of aldehydes is 1. The number of aromatic nitrogens is 2. The van der Waals surface area contributed by atoms with Crippen molar-refractivity contribution in [2.24, 2.45) is 5.16 Å². The Morgan fingerprint density at radius 1 is 1.19 bits per heavy atom. The normalized spacial score (nSPS) is 13.4. The van der Waals surface area contributed by atoms with Gasteiger partial charge in [0.1, 0.15) is 0 Å². The van der Waals surface area contributed by atoms with Crippen LogP contribution in [0, 0.1) is 0 Å². The molecule has 1 aliphatic rings. The summed E-state index contributed by atoms with van der Waals surface area (Å²) in [4.78, 5) is 33.6. The van der Waals surface area contributed by atoms with Crippen LogP contribution in [-0.2, 0) is 11.2 Å². The van der Waals surface area contributed by atoms with Gasteiger partial charge in [0.25, 0.3) is 5.91 Å². The van der Waals surface area contributed by atoms with Gasteiger partial charge >= 0.3 is 6.18 Å². The number of halogens is 3. The van der Waals surface area contributed by atoms with Crippen LogP contribution in [0.3, 0.4) is 0 Å². The molecule has 1 aromatic carbocycles. The molecule has 1 aliphatic heterocycles. The second kappa shape index (κ2) is 9.90. The smallest absolute Gasteiger partial charge is 0.358 e. The van der Waals surface area contributed by atoms with Crippen LogP contribution in [0.1, 0.15) is 28.5 Å². The largest absolute Gasteiger partial charge is 0.446 e. The highest BCUT2D eigenvalue weighted by atomic mass is 19.4. The monoisotopic (exact) mass is 444 g/mol. The van der Waals surface area contributed by atoms with Crippen LogP contribution < -0.4 is 10.2 Å². The first-order chi connectivity index (χ1) is 15.3. The van der Waals surface area contributed by atoms with E-state index in [1.54, 1.807) is 12.3 Å². The number of carbonyl (C=O) groups is 2. The summed E-state index contributed by atoms with van der Waals surface area (Å²) in [5.41, 5.74) is 5.17. The van der Waals surface area contributed by atoms with Crippen LogP contribution in [-0.4, -0.2) is 40.6 Å². The summed E-state index contributed by atoms with van der Waals surface area (Å²) in [6.45, 7) is 2.54. The van der Waals surface area contributed by atoms with Crippen LogP contribution >= 0.6 is 0 Å². The van der Waals surface area contributed by atoms with Crippen LogP contribution in [0.15, 0.2) is 59.9 Å². The van der Waals surface area contributed by atoms with E-state index in [0.29, 0.717) is 18.0 Å². The first-order valence-electron chi connectivity index (χ1n) is 9.53. The number of pyridine rings is 1. The molecule has 0 radical (unpaired) electrons. The zero-order chi connectivity index (χ0) is 23.1. The number of alkyl halides is 3. The maximum absolute atomic E-state index is 11.9. The van der Waals surface area contributed by atoms with Crippen molar-refractivity contribution in [2.75, 3.05) is 6.54 Å². The number of amides is 1. The molecule has 0 unspecified atom stereocenters. The number of nitrogens with zero attached hydrogens (tertiary/aromatic N) is 2. The van der Waals surface area contributed by atoms with Gasteiger partial charge in [-0.2, -0.15) is 13.2 Å². The molecule has 0 aliphatic carbocycles. The molecule has 0 fully saturated rings. The Labute approximate surface area is 181 Å². The summed E-state index contributed by atoms with van der Waals surface area (Å²) in [5.74, 6) is 0.358. The average Bonchev–Trinajstić information content (AvgIpc) is 3.24. The molecule has 0 saturated carbocycles. The quantitative estimate of drug-likeness (QED) is 0.362. The second-order valence-electron chi connectivity index (χ2n) is 6.76. The molecule has 0 bridgehead atoms. The summed E-state index contributed by atoms with van der Waals surface area (Å²) in [6, 6.07) is 15.3. The lowest BCUT2D eigenvalue weighted by Crippen LogP contribution is -2.31. The van der Waals surface area contributed by atoms with Crippen molar-refractivity contribution < 1.29 is 27.6 Å². The third kappa shape index (κ3) is 6.03. The fourth-order valence-electron chi connectivity index (χ4n) is 2.92. The van der Waals surface area contributed by atoms with Gasteiger partial charge in [-0.05, 0) is 24.6 Å². The lowest BCUT2D eigenvalue weighted by molar-refractivity contribution is -0.156. The van der Waals surface area contributed by atoms with E-state index in [-0.39, 0.29) is 5.91 Å². The molecule has 0 saturated heterocycles. The Hall–Kier alpha value is -3.95. The molecule has 0 atom stereocenters. The van der Waals surface area contributed by atoms with Gasteiger partial charge in [0.2, 0.25) is 12.2 Å². The van der Waals surface area contributed by atoms with E-state index in [0.717, 1.165) is 34.6 Å². The van der Waals surface area contributed by atoms with E-state index in [1.165, 1.54) is 0 Å². The number of aromatic amines is 1. The number of fused-ring (bicyclic) bond motifs is 1. The molecule has 2 N–H and O–H groups in total. The van der Waals surface area contributed by atoms with Crippen molar-refractivity contribution in [3.8, 4) is 17.1 Å². The number of rotatable bonds is 4. The second-order valence-corrected chi connectivity index (χ2v) is 6.76. The van der Waals surface area contributed by atoms with Crippen molar-refractivity contribution >= 4 is 17.9 Å². The number of oxime groups is 1. The molecule has 10 heteroatoms. The standard InChI is InChI=1S/C20H18N4O2.C2HF3O/c1-13(14-5-3-2-4-6-14)24-26-19-11-15(7-9-21-19)18-12-16-17(23-18)8-10-22-20(16)25;3-2(4,5)1-6/h2-7,9,11-12,23H,8,10H2,1H3,(H,22,25);1H/b24-13+;. The van der Waals surface area contributed by atoms with E-state index in [2.05, 4.69) is 20.4 Å². The summed E-state index contributed by atoms with van der Waals surface area (Å²) in [6.07, 6.45) is -3.24. The van der Waals surface area contributed by atoms with E-state index >= 15 is 0 Å². The summed E-state index contributed by atoms with van der Waals surface area (Å²) < 4.78 is 31.2. The van der Waals surface area contributed by atoms with Crippen molar-refractivity contribution in [1.29, 1.82) is 0 Å². The van der Waals surface area contributed by atoms with E-state index in [9.17, 15) is 18.0 Å². The maximum Gasteiger partial charge on any atom is 0.446 e. The number of hydrogen-bond donors (Lipinski definition) is 2. The summed E-state index contributed by atoms with van der Waals surface area (Å²) in [5, 5.41) is 7.01. The predicted molar refractivity (Wildman–Crippen MR) is 111 cm³/mol. The molecule has 4 rings (SSSR count). The van der Waals surface area contributed by atoms with E-state index < -0.39 is 12.5 Å². The SMILES string of the molecule is C/C(=N\Oc1cc(-c2cc3c([nH]2)CCNC3=O)ccn1)c1ccccc1.O=CC(F)(F)F. The minimum Gasteiger partial charge on any atom is -0.358 e. The number of benzene rings is 1. The Balaban J connectivity index is 0.000000427.